The second-order valence-corrected chi connectivity index (χ2v) is 4.58. The van der Waals surface area contributed by atoms with Gasteiger partial charge >= 0.3 is 5.97 Å². The number of nitrogens with zero attached hydrogens (tertiary/aromatic N) is 2. The largest absolute Gasteiger partial charge is 0.478 e. The predicted octanol–water partition coefficient (Wildman–Crippen LogP) is 1.48. The van der Waals surface area contributed by atoms with Crippen molar-refractivity contribution in [3.05, 3.63) is 42.1 Å². The first kappa shape index (κ1) is 13.2. The van der Waals surface area contributed by atoms with E-state index in [0.29, 0.717) is 17.3 Å². The van der Waals surface area contributed by atoms with Gasteiger partial charge in [-0.15, -0.1) is 0 Å². The van der Waals surface area contributed by atoms with E-state index in [9.17, 15) is 9.59 Å². The smallest absolute Gasteiger partial charge is 0.346 e. The Morgan fingerprint density at radius 3 is 2.81 bits per heavy atom. The fourth-order valence-corrected chi connectivity index (χ4v) is 2.16. The average Bonchev–Trinajstić information content (AvgIpc) is 2.92. The standard InChI is InChI=1S/C14H12N2O5/c1-8-15-9(7-20-8)13(17)16-6-12(14(18)19)21-11-5-3-2-4-10(11)16/h2-5,7,12H,6H2,1H3,(H,18,19). The number of aryl methyl sites for hydroxylation is 1. The van der Waals surface area contributed by atoms with Crippen molar-refractivity contribution in [1.82, 2.24) is 4.98 Å². The van der Waals surface area contributed by atoms with Crippen LogP contribution in [0.4, 0.5) is 5.69 Å². The molecule has 21 heavy (non-hydrogen) atoms. The summed E-state index contributed by atoms with van der Waals surface area (Å²) in [7, 11) is 0. The molecule has 1 aromatic carbocycles. The summed E-state index contributed by atoms with van der Waals surface area (Å²) < 4.78 is 10.4. The molecule has 7 heteroatoms. The van der Waals surface area contributed by atoms with E-state index in [1.54, 1.807) is 31.2 Å². The minimum atomic E-state index is -1.13. The molecule has 0 saturated heterocycles. The monoisotopic (exact) mass is 288 g/mol. The number of carbonyl (C=O) groups is 2. The summed E-state index contributed by atoms with van der Waals surface area (Å²) in [5.74, 6) is -0.827. The number of fused-ring (bicyclic) bond motifs is 1. The molecule has 1 aromatic heterocycles. The molecule has 1 amide bonds. The molecule has 0 saturated carbocycles. The number of oxazole rings is 1. The van der Waals surface area contributed by atoms with Crippen LogP contribution in [-0.2, 0) is 4.79 Å². The predicted molar refractivity (Wildman–Crippen MR) is 71.4 cm³/mol. The molecule has 108 valence electrons. The molecule has 0 spiro atoms. The number of carboxylic acids is 1. The molecule has 0 aliphatic carbocycles. The maximum Gasteiger partial charge on any atom is 0.346 e. The van der Waals surface area contributed by atoms with E-state index in [2.05, 4.69) is 4.98 Å². The number of ether oxygens (including phenoxy) is 1. The lowest BCUT2D eigenvalue weighted by atomic mass is 10.1. The number of aliphatic carboxylic acids is 1. The zero-order valence-electron chi connectivity index (χ0n) is 11.1. The van der Waals surface area contributed by atoms with E-state index in [0.717, 1.165) is 0 Å². The molecule has 0 radical (unpaired) electrons. The van der Waals surface area contributed by atoms with Gasteiger partial charge in [-0.2, -0.15) is 0 Å². The second kappa shape index (κ2) is 4.93. The highest BCUT2D eigenvalue weighted by atomic mass is 16.5. The fourth-order valence-electron chi connectivity index (χ4n) is 2.16. The molecule has 2 heterocycles. The second-order valence-electron chi connectivity index (χ2n) is 4.58. The molecule has 0 bridgehead atoms. The van der Waals surface area contributed by atoms with Gasteiger partial charge in [0.25, 0.3) is 5.91 Å². The Morgan fingerprint density at radius 2 is 2.14 bits per heavy atom. The number of carboxylic acid groups (broad SMARTS) is 1. The van der Waals surface area contributed by atoms with Gasteiger partial charge < -0.3 is 14.3 Å². The van der Waals surface area contributed by atoms with Gasteiger partial charge in [0.1, 0.15) is 12.0 Å². The lowest BCUT2D eigenvalue weighted by Crippen LogP contribution is -2.47. The van der Waals surface area contributed by atoms with E-state index in [1.165, 1.54) is 11.2 Å². The first-order valence-corrected chi connectivity index (χ1v) is 6.29. The molecule has 1 aliphatic heterocycles. The Balaban J connectivity index is 2.00. The molecule has 1 atom stereocenters. The highest BCUT2D eigenvalue weighted by Gasteiger charge is 2.34. The number of hydrogen-bond donors (Lipinski definition) is 1. The summed E-state index contributed by atoms with van der Waals surface area (Å²) >= 11 is 0. The van der Waals surface area contributed by atoms with Crippen molar-refractivity contribution < 1.29 is 23.8 Å². The van der Waals surface area contributed by atoms with Crippen LogP contribution in [0.5, 0.6) is 5.75 Å². The molecule has 2 aromatic rings. The minimum Gasteiger partial charge on any atom is -0.478 e. The summed E-state index contributed by atoms with van der Waals surface area (Å²) in [6, 6.07) is 6.78. The first-order valence-electron chi connectivity index (χ1n) is 6.29. The Hall–Kier alpha value is -2.83. The molecular weight excluding hydrogens is 276 g/mol. The van der Waals surface area contributed by atoms with Crippen LogP contribution in [0, 0.1) is 6.92 Å². The number of anilines is 1. The lowest BCUT2D eigenvalue weighted by molar-refractivity contribution is -0.144. The zero-order chi connectivity index (χ0) is 15.0. The van der Waals surface area contributed by atoms with Crippen LogP contribution in [0.2, 0.25) is 0 Å². The third kappa shape index (κ3) is 2.33. The number of hydrogen-bond acceptors (Lipinski definition) is 5. The van der Waals surface area contributed by atoms with Gasteiger partial charge in [-0.3, -0.25) is 9.69 Å². The Labute approximate surface area is 119 Å². The molecule has 7 nitrogen and oxygen atoms in total. The molecule has 1 unspecified atom stereocenters. The summed E-state index contributed by atoms with van der Waals surface area (Å²) in [5, 5.41) is 9.14. The van der Waals surface area contributed by atoms with E-state index in [4.69, 9.17) is 14.3 Å². The van der Waals surface area contributed by atoms with Crippen molar-refractivity contribution in [2.75, 3.05) is 11.4 Å². The number of carbonyl (C=O) groups excluding carboxylic acids is 1. The van der Waals surface area contributed by atoms with E-state index in [-0.39, 0.29) is 12.2 Å². The van der Waals surface area contributed by atoms with Crippen LogP contribution in [0.3, 0.4) is 0 Å². The van der Waals surface area contributed by atoms with Crippen LogP contribution in [0.15, 0.2) is 34.9 Å². The number of aromatic nitrogens is 1. The fraction of sp³-hybridized carbons (Fsp3) is 0.214. The maximum atomic E-state index is 12.5. The lowest BCUT2D eigenvalue weighted by Gasteiger charge is -2.32. The van der Waals surface area contributed by atoms with Crippen molar-refractivity contribution >= 4 is 17.6 Å². The normalized spacial score (nSPS) is 17.0. The maximum absolute atomic E-state index is 12.5. The van der Waals surface area contributed by atoms with Crippen LogP contribution in [0.1, 0.15) is 16.4 Å². The van der Waals surface area contributed by atoms with E-state index >= 15 is 0 Å². The SMILES string of the molecule is Cc1nc(C(=O)N2CC(C(=O)O)Oc3ccccc32)co1. The summed E-state index contributed by atoms with van der Waals surface area (Å²) in [6.07, 6.45) is 0.141. The summed E-state index contributed by atoms with van der Waals surface area (Å²) in [5.41, 5.74) is 0.647. The number of benzene rings is 1. The average molecular weight is 288 g/mol. The zero-order valence-corrected chi connectivity index (χ0v) is 11.1. The first-order chi connectivity index (χ1) is 10.1. The minimum absolute atomic E-state index is 0.0862. The number of rotatable bonds is 2. The quantitative estimate of drug-likeness (QED) is 0.899. The van der Waals surface area contributed by atoms with Gasteiger partial charge in [-0.05, 0) is 12.1 Å². The summed E-state index contributed by atoms with van der Waals surface area (Å²) in [4.78, 5) is 29.0. The molecule has 1 aliphatic rings. The topological polar surface area (TPSA) is 92.9 Å². The van der Waals surface area contributed by atoms with Crippen molar-refractivity contribution in [3.63, 3.8) is 0 Å². The highest BCUT2D eigenvalue weighted by molar-refractivity contribution is 6.06. The van der Waals surface area contributed by atoms with Gasteiger partial charge in [-0.25, -0.2) is 9.78 Å². The Morgan fingerprint density at radius 1 is 1.38 bits per heavy atom. The third-order valence-corrected chi connectivity index (χ3v) is 3.13. The van der Waals surface area contributed by atoms with Gasteiger partial charge in [0, 0.05) is 6.92 Å². The third-order valence-electron chi connectivity index (χ3n) is 3.13. The van der Waals surface area contributed by atoms with Crippen LogP contribution >= 0.6 is 0 Å². The summed E-state index contributed by atoms with van der Waals surface area (Å²) in [6.45, 7) is 1.54. The van der Waals surface area contributed by atoms with Crippen molar-refractivity contribution in [3.8, 4) is 5.75 Å². The molecule has 1 N–H and O–H groups in total. The van der Waals surface area contributed by atoms with Gasteiger partial charge in [0.05, 0.1) is 12.2 Å². The van der Waals surface area contributed by atoms with Crippen LogP contribution < -0.4 is 9.64 Å². The molecule has 3 rings (SSSR count). The van der Waals surface area contributed by atoms with Gasteiger partial charge in [-0.1, -0.05) is 12.1 Å². The van der Waals surface area contributed by atoms with Crippen LogP contribution in [-0.4, -0.2) is 34.6 Å². The van der Waals surface area contributed by atoms with E-state index < -0.39 is 18.0 Å². The van der Waals surface area contributed by atoms with Gasteiger partial charge in [0.2, 0.25) is 6.10 Å². The Bertz CT molecular complexity index is 709. The van der Waals surface area contributed by atoms with E-state index in [1.807, 2.05) is 0 Å². The Kier molecular flexibility index (Phi) is 3.09. The highest BCUT2D eigenvalue weighted by Crippen LogP contribution is 2.34. The molecule has 0 fully saturated rings. The van der Waals surface area contributed by atoms with Crippen LogP contribution in [0.25, 0.3) is 0 Å². The number of amides is 1. The van der Waals surface area contributed by atoms with Crippen molar-refractivity contribution in [1.29, 1.82) is 0 Å². The number of para-hydroxylation sites is 2. The van der Waals surface area contributed by atoms with Gasteiger partial charge in [0.15, 0.2) is 11.6 Å². The molecular formula is C14H12N2O5. The van der Waals surface area contributed by atoms with Crippen molar-refractivity contribution in [2.24, 2.45) is 0 Å². The van der Waals surface area contributed by atoms with Crippen molar-refractivity contribution in [2.45, 2.75) is 13.0 Å².